The van der Waals surface area contributed by atoms with Gasteiger partial charge in [0.05, 0.1) is 0 Å². The lowest BCUT2D eigenvalue weighted by molar-refractivity contribution is 1.19. The molecule has 0 bridgehead atoms. The molecule has 0 aliphatic carbocycles. The van der Waals surface area contributed by atoms with Gasteiger partial charge in [-0.3, -0.25) is 0 Å². The fraction of sp³-hybridized carbons (Fsp3) is 0.273. The van der Waals surface area contributed by atoms with Crippen LogP contribution in [0, 0.1) is 6.92 Å². The Kier molecular flexibility index (Phi) is 2.61. The topological polar surface area (TPSA) is 0 Å². The van der Waals surface area contributed by atoms with Crippen LogP contribution in [0.15, 0.2) is 24.3 Å². The average Bonchev–Trinajstić information content (AvgIpc) is 2.46. The lowest BCUT2D eigenvalue weighted by Crippen LogP contribution is -1.82. The molecule has 0 N–H and O–H groups in total. The minimum Gasteiger partial charge on any atom is -0.179 e. The Morgan fingerprint density at radius 3 is 2.77 bits per heavy atom. The third kappa shape index (κ3) is 1.61. The monoisotopic (exact) mass is 208 g/mol. The largest absolute Gasteiger partial charge is 0.179 e. The summed E-state index contributed by atoms with van der Waals surface area (Å²) >= 11 is 6.17. The normalized spacial score (nSPS) is 10.9. The molecule has 0 aliphatic heterocycles. The van der Waals surface area contributed by atoms with E-state index in [-0.39, 0.29) is 0 Å². The summed E-state index contributed by atoms with van der Waals surface area (Å²) in [6, 6.07) is 8.59. The molecule has 0 saturated heterocycles. The molecule has 0 spiro atoms. The average molecular weight is 208 g/mol. The van der Waals surface area contributed by atoms with E-state index < -0.39 is 0 Å². The Balaban J connectivity index is 2.60. The Morgan fingerprint density at radius 1 is 1.31 bits per heavy atom. The van der Waals surface area contributed by atoms with Gasteiger partial charge in [0.1, 0.15) is 0 Å². The number of benzene rings is 1. The number of aryl methyl sites for hydroxylation is 2. The van der Waals surface area contributed by atoms with E-state index in [1.165, 1.54) is 20.5 Å². The SMILES string of the molecule is Cc1c(CCS)sc2ccccc12. The predicted molar refractivity (Wildman–Crippen MR) is 64.1 cm³/mol. The predicted octanol–water partition coefficient (Wildman–Crippen LogP) is 3.68. The Bertz CT molecular complexity index is 415. The van der Waals surface area contributed by atoms with Gasteiger partial charge in [-0.25, -0.2) is 0 Å². The highest BCUT2D eigenvalue weighted by atomic mass is 32.1. The van der Waals surface area contributed by atoms with Gasteiger partial charge in [0, 0.05) is 9.58 Å². The van der Waals surface area contributed by atoms with Crippen LogP contribution in [0.4, 0.5) is 0 Å². The summed E-state index contributed by atoms with van der Waals surface area (Å²) in [7, 11) is 0. The van der Waals surface area contributed by atoms with Crippen molar-refractivity contribution in [3.05, 3.63) is 34.7 Å². The van der Waals surface area contributed by atoms with Crippen molar-refractivity contribution in [2.75, 3.05) is 5.75 Å². The summed E-state index contributed by atoms with van der Waals surface area (Å²) in [5, 5.41) is 1.41. The van der Waals surface area contributed by atoms with E-state index in [1.54, 1.807) is 0 Å². The van der Waals surface area contributed by atoms with Gasteiger partial charge in [-0.1, -0.05) is 18.2 Å². The third-order valence-electron chi connectivity index (χ3n) is 2.28. The van der Waals surface area contributed by atoms with Gasteiger partial charge in [-0.2, -0.15) is 12.6 Å². The molecule has 2 aromatic rings. The molecule has 0 atom stereocenters. The number of hydrogen-bond acceptors (Lipinski definition) is 2. The Morgan fingerprint density at radius 2 is 2.08 bits per heavy atom. The van der Waals surface area contributed by atoms with E-state index in [9.17, 15) is 0 Å². The van der Waals surface area contributed by atoms with Crippen LogP contribution in [-0.4, -0.2) is 5.75 Å². The second-order valence-corrected chi connectivity index (χ2v) is 4.70. The molecule has 68 valence electrons. The molecule has 0 fully saturated rings. The fourth-order valence-electron chi connectivity index (χ4n) is 1.56. The Hall–Kier alpha value is -0.470. The number of fused-ring (bicyclic) bond motifs is 1. The molecule has 1 aromatic heterocycles. The number of rotatable bonds is 2. The van der Waals surface area contributed by atoms with Gasteiger partial charge in [-0.15, -0.1) is 11.3 Å². The van der Waals surface area contributed by atoms with Crippen LogP contribution in [0.1, 0.15) is 10.4 Å². The number of hydrogen-bond donors (Lipinski definition) is 1. The van der Waals surface area contributed by atoms with Crippen LogP contribution in [0.2, 0.25) is 0 Å². The maximum atomic E-state index is 4.27. The van der Waals surface area contributed by atoms with Crippen LogP contribution in [0.3, 0.4) is 0 Å². The molecule has 0 radical (unpaired) electrons. The van der Waals surface area contributed by atoms with Crippen molar-refractivity contribution in [3.63, 3.8) is 0 Å². The summed E-state index contributed by atoms with van der Waals surface area (Å²) in [6.07, 6.45) is 1.09. The van der Waals surface area contributed by atoms with Gasteiger partial charge >= 0.3 is 0 Å². The first-order valence-corrected chi connectivity index (χ1v) is 5.85. The van der Waals surface area contributed by atoms with E-state index in [0.29, 0.717) is 0 Å². The molecule has 13 heavy (non-hydrogen) atoms. The molecular weight excluding hydrogens is 196 g/mol. The zero-order valence-electron chi connectivity index (χ0n) is 7.58. The lowest BCUT2D eigenvalue weighted by Gasteiger charge is -1.93. The van der Waals surface area contributed by atoms with E-state index in [4.69, 9.17) is 0 Å². The molecule has 0 unspecified atom stereocenters. The molecule has 0 amide bonds. The van der Waals surface area contributed by atoms with E-state index in [2.05, 4.69) is 43.8 Å². The van der Waals surface area contributed by atoms with Crippen molar-refractivity contribution in [2.45, 2.75) is 13.3 Å². The molecule has 0 saturated carbocycles. The van der Waals surface area contributed by atoms with Gasteiger partial charge in [0.15, 0.2) is 0 Å². The summed E-state index contributed by atoms with van der Waals surface area (Å²) in [4.78, 5) is 1.48. The van der Waals surface area contributed by atoms with Crippen LogP contribution >= 0.6 is 24.0 Å². The van der Waals surface area contributed by atoms with Crippen molar-refractivity contribution >= 4 is 34.1 Å². The number of thiol groups is 1. The zero-order chi connectivity index (χ0) is 9.26. The molecule has 1 aromatic carbocycles. The molecule has 2 rings (SSSR count). The summed E-state index contributed by atoms with van der Waals surface area (Å²) in [5.74, 6) is 0.938. The summed E-state index contributed by atoms with van der Waals surface area (Å²) in [5.41, 5.74) is 1.44. The molecule has 2 heteroatoms. The minimum absolute atomic E-state index is 0.938. The fourth-order valence-corrected chi connectivity index (χ4v) is 3.15. The van der Waals surface area contributed by atoms with E-state index in [0.717, 1.165) is 12.2 Å². The van der Waals surface area contributed by atoms with Gasteiger partial charge in [-0.05, 0) is 36.1 Å². The lowest BCUT2D eigenvalue weighted by atomic mass is 10.1. The maximum Gasteiger partial charge on any atom is 0.0348 e. The second kappa shape index (κ2) is 3.72. The highest BCUT2D eigenvalue weighted by Gasteiger charge is 2.05. The quantitative estimate of drug-likeness (QED) is 0.715. The smallest absolute Gasteiger partial charge is 0.0348 e. The van der Waals surface area contributed by atoms with Crippen molar-refractivity contribution < 1.29 is 0 Å². The van der Waals surface area contributed by atoms with Crippen LogP contribution in [-0.2, 0) is 6.42 Å². The highest BCUT2D eigenvalue weighted by molar-refractivity contribution is 7.80. The molecule has 0 aliphatic rings. The first-order chi connectivity index (χ1) is 6.33. The zero-order valence-corrected chi connectivity index (χ0v) is 9.29. The second-order valence-electron chi connectivity index (χ2n) is 3.12. The van der Waals surface area contributed by atoms with Crippen LogP contribution in [0.25, 0.3) is 10.1 Å². The van der Waals surface area contributed by atoms with Gasteiger partial charge < -0.3 is 0 Å². The van der Waals surface area contributed by atoms with Crippen molar-refractivity contribution in [2.24, 2.45) is 0 Å². The maximum absolute atomic E-state index is 4.27. The standard InChI is InChI=1S/C11H12S2/c1-8-9-4-2-3-5-11(9)13-10(8)6-7-12/h2-5,12H,6-7H2,1H3. The third-order valence-corrected chi connectivity index (χ3v) is 3.84. The van der Waals surface area contributed by atoms with Crippen LogP contribution < -0.4 is 0 Å². The Labute approximate surface area is 88.0 Å². The van der Waals surface area contributed by atoms with Gasteiger partial charge in [0.2, 0.25) is 0 Å². The summed E-state index contributed by atoms with van der Waals surface area (Å²) in [6.45, 7) is 2.21. The highest BCUT2D eigenvalue weighted by Crippen LogP contribution is 2.30. The molecular formula is C11H12S2. The van der Waals surface area contributed by atoms with Crippen molar-refractivity contribution in [3.8, 4) is 0 Å². The van der Waals surface area contributed by atoms with E-state index >= 15 is 0 Å². The first kappa shape index (κ1) is 9.10. The minimum atomic E-state index is 0.938. The summed E-state index contributed by atoms with van der Waals surface area (Å²) < 4.78 is 1.40. The number of thiophene rings is 1. The van der Waals surface area contributed by atoms with Gasteiger partial charge in [0.25, 0.3) is 0 Å². The van der Waals surface area contributed by atoms with Crippen molar-refractivity contribution in [1.82, 2.24) is 0 Å². The van der Waals surface area contributed by atoms with E-state index in [1.807, 2.05) is 11.3 Å². The van der Waals surface area contributed by atoms with Crippen molar-refractivity contribution in [1.29, 1.82) is 0 Å². The molecule has 1 heterocycles. The molecule has 0 nitrogen and oxygen atoms in total. The first-order valence-electron chi connectivity index (χ1n) is 4.41. The van der Waals surface area contributed by atoms with Crippen LogP contribution in [0.5, 0.6) is 0 Å².